The van der Waals surface area contributed by atoms with E-state index in [1.54, 1.807) is 13.8 Å². The number of H-pyrrole nitrogens is 1. The van der Waals surface area contributed by atoms with Crippen LogP contribution in [0.25, 0.3) is 10.8 Å². The number of carbonyl (C=O) groups is 1. The van der Waals surface area contributed by atoms with Gasteiger partial charge in [0.15, 0.2) is 5.16 Å². The molecule has 0 bridgehead atoms. The fraction of sp³-hybridized carbons (Fsp3) is 0.176. The van der Waals surface area contributed by atoms with Crippen LogP contribution in [0.2, 0.25) is 0 Å². The minimum absolute atomic E-state index is 0.168. The molecule has 3 rings (SSSR count). The van der Waals surface area contributed by atoms with E-state index >= 15 is 0 Å². The Hall–Kier alpha value is -2.67. The molecule has 24 heavy (non-hydrogen) atoms. The lowest BCUT2D eigenvalue weighted by atomic mass is 10.1. The maximum atomic E-state index is 12.3. The molecule has 1 amide bonds. The van der Waals surface area contributed by atoms with Gasteiger partial charge in [-0.15, -0.1) is 10.2 Å². The summed E-state index contributed by atoms with van der Waals surface area (Å²) in [6.07, 6.45) is 0. The molecular weight excluding hydrogens is 324 g/mol. The SMILES string of the molecule is Cc1nnc(SC(C)C(=O)Nc2ccc3ccccc3c2)[nH]c1=O. The number of aryl methyl sites for hydroxylation is 1. The highest BCUT2D eigenvalue weighted by molar-refractivity contribution is 8.00. The van der Waals surface area contributed by atoms with Crippen molar-refractivity contribution in [3.8, 4) is 0 Å². The van der Waals surface area contributed by atoms with E-state index in [1.165, 1.54) is 0 Å². The predicted octanol–water partition coefficient (Wildman–Crippen LogP) is 2.75. The van der Waals surface area contributed by atoms with Gasteiger partial charge in [0.2, 0.25) is 5.91 Å². The fourth-order valence-electron chi connectivity index (χ4n) is 2.16. The molecule has 0 aliphatic carbocycles. The number of amides is 1. The molecular formula is C17H16N4O2S. The van der Waals surface area contributed by atoms with Crippen LogP contribution in [-0.4, -0.2) is 26.3 Å². The molecule has 7 heteroatoms. The van der Waals surface area contributed by atoms with Crippen molar-refractivity contribution in [2.45, 2.75) is 24.3 Å². The standard InChI is InChI=1S/C17H16N4O2S/c1-10-15(22)19-17(21-20-10)24-11(2)16(23)18-14-8-7-12-5-3-4-6-13(12)9-14/h3-9,11H,1-2H3,(H,18,23)(H,19,21,22). The summed E-state index contributed by atoms with van der Waals surface area (Å²) in [7, 11) is 0. The van der Waals surface area contributed by atoms with E-state index in [4.69, 9.17) is 0 Å². The monoisotopic (exact) mass is 340 g/mol. The summed E-state index contributed by atoms with van der Waals surface area (Å²) in [6.45, 7) is 3.33. The van der Waals surface area contributed by atoms with Gasteiger partial charge in [-0.2, -0.15) is 0 Å². The Balaban J connectivity index is 1.70. The maximum Gasteiger partial charge on any atom is 0.273 e. The van der Waals surface area contributed by atoms with Crippen LogP contribution in [0.1, 0.15) is 12.6 Å². The Kier molecular flexibility index (Phi) is 4.61. The van der Waals surface area contributed by atoms with Crippen molar-refractivity contribution in [2.75, 3.05) is 5.32 Å². The average Bonchev–Trinajstić information content (AvgIpc) is 2.58. The first-order valence-corrected chi connectivity index (χ1v) is 8.31. The van der Waals surface area contributed by atoms with Crippen molar-refractivity contribution in [1.29, 1.82) is 0 Å². The van der Waals surface area contributed by atoms with Crippen LogP contribution in [0.15, 0.2) is 52.4 Å². The highest BCUT2D eigenvalue weighted by Gasteiger charge is 2.16. The van der Waals surface area contributed by atoms with Crippen molar-refractivity contribution in [1.82, 2.24) is 15.2 Å². The topological polar surface area (TPSA) is 87.7 Å². The molecule has 0 saturated carbocycles. The first-order chi connectivity index (χ1) is 11.5. The second kappa shape index (κ2) is 6.84. The molecule has 2 aromatic carbocycles. The molecule has 2 N–H and O–H groups in total. The van der Waals surface area contributed by atoms with Gasteiger partial charge in [-0.05, 0) is 36.8 Å². The van der Waals surface area contributed by atoms with Gasteiger partial charge in [0, 0.05) is 5.69 Å². The summed E-state index contributed by atoms with van der Waals surface area (Å²) in [5.74, 6) is -0.168. The fourth-order valence-corrected chi connectivity index (χ4v) is 2.90. The van der Waals surface area contributed by atoms with Gasteiger partial charge in [-0.3, -0.25) is 14.6 Å². The van der Waals surface area contributed by atoms with E-state index in [1.807, 2.05) is 42.5 Å². The molecule has 0 radical (unpaired) electrons. The summed E-state index contributed by atoms with van der Waals surface area (Å²) >= 11 is 1.16. The van der Waals surface area contributed by atoms with Crippen molar-refractivity contribution in [2.24, 2.45) is 0 Å². The van der Waals surface area contributed by atoms with Crippen LogP contribution in [0.5, 0.6) is 0 Å². The molecule has 1 aromatic heterocycles. The van der Waals surface area contributed by atoms with E-state index < -0.39 is 5.25 Å². The van der Waals surface area contributed by atoms with Gasteiger partial charge >= 0.3 is 0 Å². The van der Waals surface area contributed by atoms with Crippen LogP contribution in [0.4, 0.5) is 5.69 Å². The summed E-state index contributed by atoms with van der Waals surface area (Å²) in [6, 6.07) is 13.7. The Labute approximate surface area is 142 Å². The summed E-state index contributed by atoms with van der Waals surface area (Å²) in [5.41, 5.74) is 0.733. The van der Waals surface area contributed by atoms with Gasteiger partial charge in [0.25, 0.3) is 5.56 Å². The molecule has 0 aliphatic heterocycles. The minimum atomic E-state index is -0.427. The molecule has 0 aliphatic rings. The van der Waals surface area contributed by atoms with Crippen LogP contribution < -0.4 is 10.9 Å². The molecule has 3 aromatic rings. The number of benzene rings is 2. The van der Waals surface area contributed by atoms with Gasteiger partial charge in [-0.25, -0.2) is 0 Å². The molecule has 6 nitrogen and oxygen atoms in total. The van der Waals surface area contributed by atoms with Crippen molar-refractivity contribution in [3.63, 3.8) is 0 Å². The molecule has 0 fully saturated rings. The normalized spacial score (nSPS) is 12.1. The summed E-state index contributed by atoms with van der Waals surface area (Å²) in [4.78, 5) is 26.5. The summed E-state index contributed by atoms with van der Waals surface area (Å²) in [5, 5.41) is 12.6. The van der Waals surface area contributed by atoms with Gasteiger partial charge < -0.3 is 5.32 Å². The molecule has 1 heterocycles. The van der Waals surface area contributed by atoms with Crippen LogP contribution >= 0.6 is 11.8 Å². The zero-order valence-corrected chi connectivity index (χ0v) is 14.1. The van der Waals surface area contributed by atoms with Gasteiger partial charge in [-0.1, -0.05) is 42.1 Å². The highest BCUT2D eigenvalue weighted by Crippen LogP contribution is 2.22. The number of hydrogen-bond acceptors (Lipinski definition) is 5. The zero-order chi connectivity index (χ0) is 17.1. The Morgan fingerprint density at radius 1 is 1.17 bits per heavy atom. The number of fused-ring (bicyclic) bond motifs is 1. The second-order valence-corrected chi connectivity index (χ2v) is 6.69. The quantitative estimate of drug-likeness (QED) is 0.713. The molecule has 0 spiro atoms. The molecule has 1 unspecified atom stereocenters. The first kappa shape index (κ1) is 16.2. The van der Waals surface area contributed by atoms with Gasteiger partial charge in [0.05, 0.1) is 5.25 Å². The Morgan fingerprint density at radius 3 is 2.67 bits per heavy atom. The van der Waals surface area contributed by atoms with Crippen molar-refractivity contribution >= 4 is 34.1 Å². The molecule has 0 saturated heterocycles. The van der Waals surface area contributed by atoms with E-state index in [9.17, 15) is 9.59 Å². The largest absolute Gasteiger partial charge is 0.325 e. The highest BCUT2D eigenvalue weighted by atomic mass is 32.2. The van der Waals surface area contributed by atoms with Crippen LogP contribution in [0.3, 0.4) is 0 Å². The molecule has 1 atom stereocenters. The number of rotatable bonds is 4. The number of aromatic nitrogens is 3. The van der Waals surface area contributed by atoms with Gasteiger partial charge in [0.1, 0.15) is 5.69 Å². The third-order valence-electron chi connectivity index (χ3n) is 3.51. The van der Waals surface area contributed by atoms with Crippen molar-refractivity contribution in [3.05, 3.63) is 58.5 Å². The smallest absolute Gasteiger partial charge is 0.273 e. The number of nitrogens with zero attached hydrogens (tertiary/aromatic N) is 2. The number of thioether (sulfide) groups is 1. The number of nitrogens with one attached hydrogen (secondary N) is 2. The second-order valence-electron chi connectivity index (χ2n) is 5.36. The van der Waals surface area contributed by atoms with Crippen LogP contribution in [0, 0.1) is 6.92 Å². The first-order valence-electron chi connectivity index (χ1n) is 7.43. The number of carbonyl (C=O) groups excluding carboxylic acids is 1. The Bertz CT molecular complexity index is 954. The lowest BCUT2D eigenvalue weighted by Gasteiger charge is -2.11. The van der Waals surface area contributed by atoms with Crippen LogP contribution in [-0.2, 0) is 4.79 Å². The zero-order valence-electron chi connectivity index (χ0n) is 13.2. The maximum absolute atomic E-state index is 12.3. The third kappa shape index (κ3) is 3.62. The summed E-state index contributed by atoms with van der Waals surface area (Å²) < 4.78 is 0. The number of anilines is 1. The number of hydrogen-bond donors (Lipinski definition) is 2. The van der Waals surface area contributed by atoms with E-state index in [0.717, 1.165) is 28.2 Å². The van der Waals surface area contributed by atoms with Crippen molar-refractivity contribution < 1.29 is 4.79 Å². The van der Waals surface area contributed by atoms with E-state index in [-0.39, 0.29) is 11.5 Å². The predicted molar refractivity (Wildman–Crippen MR) is 95.3 cm³/mol. The average molecular weight is 340 g/mol. The minimum Gasteiger partial charge on any atom is -0.325 e. The third-order valence-corrected chi connectivity index (χ3v) is 4.49. The lowest BCUT2D eigenvalue weighted by molar-refractivity contribution is -0.115. The lowest BCUT2D eigenvalue weighted by Crippen LogP contribution is -2.23. The molecule has 122 valence electrons. The Morgan fingerprint density at radius 2 is 1.92 bits per heavy atom. The van der Waals surface area contributed by atoms with E-state index in [0.29, 0.717) is 10.9 Å². The number of aromatic amines is 1. The van der Waals surface area contributed by atoms with E-state index in [2.05, 4.69) is 20.5 Å².